The molecule has 1 N–H and O–H groups in total. The van der Waals surface area contributed by atoms with Crippen LogP contribution in [0.2, 0.25) is 0 Å². The summed E-state index contributed by atoms with van der Waals surface area (Å²) in [5.41, 5.74) is 0. The van der Waals surface area contributed by atoms with Gasteiger partial charge in [0.1, 0.15) is 0 Å². The molecular weight excluding hydrogens is 294 g/mol. The summed E-state index contributed by atoms with van der Waals surface area (Å²) in [4.78, 5) is 24.4. The first-order valence-electron chi connectivity index (χ1n) is 6.68. The molecule has 21 heavy (non-hydrogen) atoms. The predicted octanol–water partition coefficient (Wildman–Crippen LogP) is 0.783. The first-order valence-corrected chi connectivity index (χ1v) is 8.34. The van der Waals surface area contributed by atoms with Crippen molar-refractivity contribution in [1.29, 1.82) is 0 Å². The lowest BCUT2D eigenvalue weighted by Gasteiger charge is -2.15. The van der Waals surface area contributed by atoms with Crippen molar-refractivity contribution in [2.24, 2.45) is 5.92 Å². The van der Waals surface area contributed by atoms with Gasteiger partial charge in [-0.1, -0.05) is 18.2 Å². The van der Waals surface area contributed by atoms with Gasteiger partial charge in [-0.15, -0.1) is 0 Å². The number of likely N-dealkylation sites (tertiary alicyclic amines) is 1. The SMILES string of the molecule is O=C(O)C1CCN(C(=O)CCS(=O)(=O)c2ccccc2)C1. The van der Waals surface area contributed by atoms with Crippen molar-refractivity contribution >= 4 is 21.7 Å². The summed E-state index contributed by atoms with van der Waals surface area (Å²) in [7, 11) is -3.48. The minimum Gasteiger partial charge on any atom is -0.481 e. The third-order valence-corrected chi connectivity index (χ3v) is 5.31. The Morgan fingerprint density at radius 2 is 1.90 bits per heavy atom. The van der Waals surface area contributed by atoms with Gasteiger partial charge in [-0.3, -0.25) is 9.59 Å². The number of benzene rings is 1. The molecule has 1 atom stereocenters. The molecule has 1 fully saturated rings. The van der Waals surface area contributed by atoms with E-state index < -0.39 is 21.7 Å². The van der Waals surface area contributed by atoms with E-state index in [1.807, 2.05) is 0 Å². The maximum Gasteiger partial charge on any atom is 0.308 e. The van der Waals surface area contributed by atoms with Gasteiger partial charge in [0.2, 0.25) is 5.91 Å². The first-order chi connectivity index (χ1) is 9.90. The Morgan fingerprint density at radius 3 is 2.48 bits per heavy atom. The molecule has 1 saturated heterocycles. The molecule has 1 aliphatic rings. The van der Waals surface area contributed by atoms with Crippen molar-refractivity contribution < 1.29 is 23.1 Å². The molecule has 114 valence electrons. The summed E-state index contributed by atoms with van der Waals surface area (Å²) < 4.78 is 24.1. The van der Waals surface area contributed by atoms with E-state index in [0.717, 1.165) is 0 Å². The maximum atomic E-state index is 12.1. The van der Waals surface area contributed by atoms with Crippen molar-refractivity contribution in [3.05, 3.63) is 30.3 Å². The largest absolute Gasteiger partial charge is 0.481 e. The highest BCUT2D eigenvalue weighted by Gasteiger charge is 2.31. The summed E-state index contributed by atoms with van der Waals surface area (Å²) in [6, 6.07) is 7.98. The second-order valence-electron chi connectivity index (χ2n) is 5.05. The van der Waals surface area contributed by atoms with E-state index in [9.17, 15) is 18.0 Å². The topological polar surface area (TPSA) is 91.8 Å². The Labute approximate surface area is 123 Å². The van der Waals surface area contributed by atoms with Crippen LogP contribution in [0, 0.1) is 5.92 Å². The van der Waals surface area contributed by atoms with E-state index >= 15 is 0 Å². The van der Waals surface area contributed by atoms with Crippen LogP contribution >= 0.6 is 0 Å². The zero-order chi connectivity index (χ0) is 15.5. The Hall–Kier alpha value is -1.89. The lowest BCUT2D eigenvalue weighted by atomic mass is 10.1. The number of rotatable bonds is 5. The highest BCUT2D eigenvalue weighted by molar-refractivity contribution is 7.91. The lowest BCUT2D eigenvalue weighted by Crippen LogP contribution is -2.31. The number of nitrogens with zero attached hydrogens (tertiary/aromatic N) is 1. The molecule has 1 unspecified atom stereocenters. The van der Waals surface area contributed by atoms with Crippen LogP contribution in [0.4, 0.5) is 0 Å². The van der Waals surface area contributed by atoms with Crippen LogP contribution in [0.25, 0.3) is 0 Å². The van der Waals surface area contributed by atoms with E-state index in [1.165, 1.54) is 17.0 Å². The number of aliphatic carboxylic acids is 1. The first kappa shape index (κ1) is 15.5. The van der Waals surface area contributed by atoms with Crippen LogP contribution < -0.4 is 0 Å². The molecule has 7 heteroatoms. The molecule has 0 saturated carbocycles. The maximum absolute atomic E-state index is 12.1. The molecule has 0 radical (unpaired) electrons. The number of hydrogen-bond acceptors (Lipinski definition) is 4. The van der Waals surface area contributed by atoms with E-state index in [1.54, 1.807) is 18.2 Å². The van der Waals surface area contributed by atoms with Gasteiger partial charge in [0.25, 0.3) is 0 Å². The fraction of sp³-hybridized carbons (Fsp3) is 0.429. The molecule has 0 aliphatic carbocycles. The van der Waals surface area contributed by atoms with Crippen LogP contribution in [0.5, 0.6) is 0 Å². The average molecular weight is 311 g/mol. The molecular formula is C14H17NO5S. The number of carboxylic acid groups (broad SMARTS) is 1. The Kier molecular flexibility index (Phi) is 4.62. The number of amides is 1. The molecule has 0 spiro atoms. The molecule has 1 heterocycles. The van der Waals surface area contributed by atoms with Crippen molar-refractivity contribution in [2.75, 3.05) is 18.8 Å². The molecule has 2 rings (SSSR count). The molecule has 1 aliphatic heterocycles. The Bertz CT molecular complexity index is 626. The number of carboxylic acids is 1. The number of sulfone groups is 1. The standard InChI is InChI=1S/C14H17NO5S/c16-13(15-8-6-11(10-15)14(17)18)7-9-21(19,20)12-4-2-1-3-5-12/h1-5,11H,6-10H2,(H,17,18). The Balaban J connectivity index is 1.92. The van der Waals surface area contributed by atoms with Gasteiger partial charge in [0.05, 0.1) is 16.6 Å². The van der Waals surface area contributed by atoms with Gasteiger partial charge in [-0.25, -0.2) is 8.42 Å². The van der Waals surface area contributed by atoms with Gasteiger partial charge < -0.3 is 10.0 Å². The molecule has 1 aromatic rings. The lowest BCUT2D eigenvalue weighted by molar-refractivity contribution is -0.141. The molecule has 0 aromatic heterocycles. The van der Waals surface area contributed by atoms with Crippen molar-refractivity contribution in [1.82, 2.24) is 4.90 Å². The normalized spacial score (nSPS) is 18.7. The monoisotopic (exact) mass is 311 g/mol. The third-order valence-electron chi connectivity index (χ3n) is 3.58. The third kappa shape index (κ3) is 3.81. The molecule has 1 aromatic carbocycles. The van der Waals surface area contributed by atoms with E-state index in [4.69, 9.17) is 5.11 Å². The quantitative estimate of drug-likeness (QED) is 0.867. The minimum absolute atomic E-state index is 0.121. The van der Waals surface area contributed by atoms with E-state index in [0.29, 0.717) is 13.0 Å². The molecule has 6 nitrogen and oxygen atoms in total. The minimum atomic E-state index is -3.48. The predicted molar refractivity (Wildman–Crippen MR) is 75.4 cm³/mol. The van der Waals surface area contributed by atoms with Crippen molar-refractivity contribution in [3.63, 3.8) is 0 Å². The second kappa shape index (κ2) is 6.26. The van der Waals surface area contributed by atoms with Crippen LogP contribution in [0.3, 0.4) is 0 Å². The Morgan fingerprint density at radius 1 is 1.24 bits per heavy atom. The summed E-state index contributed by atoms with van der Waals surface area (Å²) in [5.74, 6) is -2.02. The van der Waals surface area contributed by atoms with Gasteiger partial charge in [0, 0.05) is 19.5 Å². The second-order valence-corrected chi connectivity index (χ2v) is 7.15. The van der Waals surface area contributed by atoms with Crippen LogP contribution in [0.15, 0.2) is 35.2 Å². The van der Waals surface area contributed by atoms with Crippen LogP contribution in [-0.4, -0.2) is 49.1 Å². The van der Waals surface area contributed by atoms with Gasteiger partial charge >= 0.3 is 5.97 Å². The van der Waals surface area contributed by atoms with E-state index in [2.05, 4.69) is 0 Å². The summed E-state index contributed by atoms with van der Waals surface area (Å²) >= 11 is 0. The molecule has 1 amide bonds. The highest BCUT2D eigenvalue weighted by atomic mass is 32.2. The fourth-order valence-corrected chi connectivity index (χ4v) is 3.56. The average Bonchev–Trinajstić information content (AvgIpc) is 2.96. The van der Waals surface area contributed by atoms with E-state index in [-0.39, 0.29) is 29.5 Å². The summed E-state index contributed by atoms with van der Waals surface area (Å²) in [6.45, 7) is 0.542. The number of carbonyl (C=O) groups excluding carboxylic acids is 1. The summed E-state index contributed by atoms with van der Waals surface area (Å²) in [6.07, 6.45) is 0.302. The van der Waals surface area contributed by atoms with Gasteiger partial charge in [-0.05, 0) is 18.6 Å². The van der Waals surface area contributed by atoms with Gasteiger partial charge in [0.15, 0.2) is 9.84 Å². The zero-order valence-electron chi connectivity index (χ0n) is 11.4. The van der Waals surface area contributed by atoms with Crippen LogP contribution in [-0.2, 0) is 19.4 Å². The highest BCUT2D eigenvalue weighted by Crippen LogP contribution is 2.18. The zero-order valence-corrected chi connectivity index (χ0v) is 12.3. The number of carbonyl (C=O) groups is 2. The fourth-order valence-electron chi connectivity index (χ4n) is 2.31. The molecule has 0 bridgehead atoms. The smallest absolute Gasteiger partial charge is 0.308 e. The van der Waals surface area contributed by atoms with Gasteiger partial charge in [-0.2, -0.15) is 0 Å². The summed E-state index contributed by atoms with van der Waals surface area (Å²) in [5, 5.41) is 8.89. The van der Waals surface area contributed by atoms with Crippen LogP contribution in [0.1, 0.15) is 12.8 Å². The van der Waals surface area contributed by atoms with Crippen molar-refractivity contribution in [2.45, 2.75) is 17.7 Å². The number of hydrogen-bond donors (Lipinski definition) is 1. The van der Waals surface area contributed by atoms with Crippen molar-refractivity contribution in [3.8, 4) is 0 Å².